The Balaban J connectivity index is 1.71. The third-order valence-electron chi connectivity index (χ3n) is 3.58. The van der Waals surface area contributed by atoms with Crippen LogP contribution in [0.2, 0.25) is 0 Å². The van der Waals surface area contributed by atoms with Crippen LogP contribution < -0.4 is 15.8 Å². The second-order valence-corrected chi connectivity index (χ2v) is 5.16. The summed E-state index contributed by atoms with van der Waals surface area (Å²) in [6, 6.07) is 7.09. The van der Waals surface area contributed by atoms with Crippen LogP contribution in [0.1, 0.15) is 32.1 Å². The lowest BCUT2D eigenvalue weighted by Crippen LogP contribution is -2.45. The summed E-state index contributed by atoms with van der Waals surface area (Å²) in [5.41, 5.74) is 6.31. The van der Waals surface area contributed by atoms with Crippen molar-refractivity contribution in [1.82, 2.24) is 5.32 Å². The standard InChI is InChI=1S/C15H22N2O3/c16-11-5-1-4-8-14(11)20-10-9-15(19)17-12-6-2-3-7-13(12)18/h1,4-5,8,12-13,18H,2-3,6-7,9-10,16H2,(H,17,19). The number of ether oxygens (including phenoxy) is 1. The van der Waals surface area contributed by atoms with E-state index in [1.165, 1.54) is 0 Å². The molecule has 1 aromatic rings. The van der Waals surface area contributed by atoms with Crippen molar-refractivity contribution < 1.29 is 14.6 Å². The van der Waals surface area contributed by atoms with Crippen LogP contribution in [-0.4, -0.2) is 29.8 Å². The molecular formula is C15H22N2O3. The highest BCUT2D eigenvalue weighted by Gasteiger charge is 2.24. The van der Waals surface area contributed by atoms with Gasteiger partial charge in [0.25, 0.3) is 0 Å². The minimum Gasteiger partial charge on any atom is -0.491 e. The highest BCUT2D eigenvalue weighted by Crippen LogP contribution is 2.20. The van der Waals surface area contributed by atoms with E-state index in [1.807, 2.05) is 12.1 Å². The molecule has 0 saturated heterocycles. The zero-order valence-electron chi connectivity index (χ0n) is 11.5. The maximum Gasteiger partial charge on any atom is 0.223 e. The molecule has 1 saturated carbocycles. The quantitative estimate of drug-likeness (QED) is 0.712. The first-order valence-corrected chi connectivity index (χ1v) is 7.11. The molecule has 5 nitrogen and oxygen atoms in total. The number of nitrogens with one attached hydrogen (secondary N) is 1. The Bertz CT molecular complexity index is 450. The number of amides is 1. The molecule has 1 aliphatic carbocycles. The average molecular weight is 278 g/mol. The fraction of sp³-hybridized carbons (Fsp3) is 0.533. The van der Waals surface area contributed by atoms with Crippen molar-refractivity contribution in [3.05, 3.63) is 24.3 Å². The molecule has 1 fully saturated rings. The number of aliphatic hydroxyl groups is 1. The van der Waals surface area contributed by atoms with E-state index in [1.54, 1.807) is 12.1 Å². The fourth-order valence-corrected chi connectivity index (χ4v) is 2.42. The lowest BCUT2D eigenvalue weighted by atomic mass is 9.92. The number of hydrogen-bond donors (Lipinski definition) is 3. The Morgan fingerprint density at radius 2 is 2.10 bits per heavy atom. The van der Waals surface area contributed by atoms with E-state index in [0.29, 0.717) is 11.4 Å². The summed E-state index contributed by atoms with van der Waals surface area (Å²) in [7, 11) is 0. The molecule has 0 aliphatic heterocycles. The number of nitrogen functional groups attached to an aromatic ring is 1. The molecule has 2 unspecified atom stereocenters. The first kappa shape index (κ1) is 14.7. The molecule has 20 heavy (non-hydrogen) atoms. The predicted octanol–water partition coefficient (Wildman–Crippen LogP) is 1.46. The molecule has 1 aromatic carbocycles. The van der Waals surface area contributed by atoms with Gasteiger partial charge < -0.3 is 20.9 Å². The molecule has 2 atom stereocenters. The van der Waals surface area contributed by atoms with Gasteiger partial charge in [-0.25, -0.2) is 0 Å². The lowest BCUT2D eigenvalue weighted by Gasteiger charge is -2.28. The maximum atomic E-state index is 11.8. The van der Waals surface area contributed by atoms with Crippen molar-refractivity contribution in [3.63, 3.8) is 0 Å². The molecule has 0 spiro atoms. The van der Waals surface area contributed by atoms with Crippen molar-refractivity contribution in [2.45, 2.75) is 44.2 Å². The smallest absolute Gasteiger partial charge is 0.223 e. The van der Waals surface area contributed by atoms with Gasteiger partial charge in [-0.1, -0.05) is 25.0 Å². The zero-order valence-corrected chi connectivity index (χ0v) is 11.5. The van der Waals surface area contributed by atoms with E-state index in [2.05, 4.69) is 5.32 Å². The van der Waals surface area contributed by atoms with Crippen LogP contribution in [0.3, 0.4) is 0 Å². The second kappa shape index (κ2) is 7.14. The van der Waals surface area contributed by atoms with Crippen LogP contribution in [0.25, 0.3) is 0 Å². The molecule has 0 heterocycles. The summed E-state index contributed by atoms with van der Waals surface area (Å²) in [6.07, 6.45) is 3.54. The second-order valence-electron chi connectivity index (χ2n) is 5.16. The number of anilines is 1. The van der Waals surface area contributed by atoms with Gasteiger partial charge in [0.05, 0.1) is 30.9 Å². The number of aliphatic hydroxyl groups excluding tert-OH is 1. The van der Waals surface area contributed by atoms with Crippen LogP contribution in [0, 0.1) is 0 Å². The number of rotatable bonds is 5. The molecular weight excluding hydrogens is 256 g/mol. The highest BCUT2D eigenvalue weighted by atomic mass is 16.5. The van der Waals surface area contributed by atoms with Gasteiger partial charge in [-0.05, 0) is 25.0 Å². The van der Waals surface area contributed by atoms with Gasteiger partial charge in [-0.3, -0.25) is 4.79 Å². The van der Waals surface area contributed by atoms with Crippen molar-refractivity contribution in [3.8, 4) is 5.75 Å². The molecule has 1 amide bonds. The number of nitrogens with two attached hydrogens (primary N) is 1. The third kappa shape index (κ3) is 4.13. The Morgan fingerprint density at radius 3 is 2.85 bits per heavy atom. The molecule has 4 N–H and O–H groups in total. The number of carbonyl (C=O) groups is 1. The first-order chi connectivity index (χ1) is 9.66. The van der Waals surface area contributed by atoms with Gasteiger partial charge >= 0.3 is 0 Å². The Kier molecular flexibility index (Phi) is 5.24. The van der Waals surface area contributed by atoms with Crippen LogP contribution in [0.4, 0.5) is 5.69 Å². The zero-order chi connectivity index (χ0) is 14.4. The number of carbonyl (C=O) groups excluding carboxylic acids is 1. The molecule has 0 aromatic heterocycles. The Labute approximate surface area is 119 Å². The first-order valence-electron chi connectivity index (χ1n) is 7.11. The summed E-state index contributed by atoms with van der Waals surface area (Å²) in [6.45, 7) is 0.281. The third-order valence-corrected chi connectivity index (χ3v) is 3.58. The van der Waals surface area contributed by atoms with Crippen molar-refractivity contribution in [1.29, 1.82) is 0 Å². The van der Waals surface area contributed by atoms with Crippen LogP contribution in [0.5, 0.6) is 5.75 Å². The van der Waals surface area contributed by atoms with Gasteiger partial charge in [0, 0.05) is 0 Å². The summed E-state index contributed by atoms with van der Waals surface area (Å²) in [5, 5.41) is 12.7. The van der Waals surface area contributed by atoms with E-state index < -0.39 is 6.10 Å². The van der Waals surface area contributed by atoms with Crippen molar-refractivity contribution in [2.24, 2.45) is 0 Å². The van der Waals surface area contributed by atoms with Crippen LogP contribution in [0.15, 0.2) is 24.3 Å². The SMILES string of the molecule is Nc1ccccc1OCCC(=O)NC1CCCCC1O. The Morgan fingerprint density at radius 1 is 1.35 bits per heavy atom. The summed E-state index contributed by atoms with van der Waals surface area (Å²) < 4.78 is 5.48. The fourth-order valence-electron chi connectivity index (χ4n) is 2.42. The topological polar surface area (TPSA) is 84.6 Å². The summed E-state index contributed by atoms with van der Waals surface area (Å²) >= 11 is 0. The minimum atomic E-state index is -0.418. The average Bonchev–Trinajstić information content (AvgIpc) is 2.43. The number of benzene rings is 1. The van der Waals surface area contributed by atoms with E-state index in [0.717, 1.165) is 25.7 Å². The van der Waals surface area contributed by atoms with Gasteiger partial charge in [0.2, 0.25) is 5.91 Å². The molecule has 2 rings (SSSR count). The van der Waals surface area contributed by atoms with Gasteiger partial charge in [0.1, 0.15) is 5.75 Å². The Hall–Kier alpha value is -1.75. The molecule has 0 radical (unpaired) electrons. The van der Waals surface area contributed by atoms with E-state index >= 15 is 0 Å². The number of para-hydroxylation sites is 2. The maximum absolute atomic E-state index is 11.8. The van der Waals surface area contributed by atoms with Crippen molar-refractivity contribution >= 4 is 11.6 Å². The molecule has 110 valence electrons. The minimum absolute atomic E-state index is 0.0922. The molecule has 5 heteroatoms. The van der Waals surface area contributed by atoms with Crippen LogP contribution >= 0.6 is 0 Å². The predicted molar refractivity (Wildman–Crippen MR) is 77.4 cm³/mol. The number of hydrogen-bond acceptors (Lipinski definition) is 4. The van der Waals surface area contributed by atoms with Crippen LogP contribution in [-0.2, 0) is 4.79 Å². The largest absolute Gasteiger partial charge is 0.491 e. The van der Waals surface area contributed by atoms with E-state index in [9.17, 15) is 9.90 Å². The molecule has 1 aliphatic rings. The molecule has 0 bridgehead atoms. The van der Waals surface area contributed by atoms with Gasteiger partial charge in [0.15, 0.2) is 0 Å². The van der Waals surface area contributed by atoms with E-state index in [4.69, 9.17) is 10.5 Å². The van der Waals surface area contributed by atoms with Gasteiger partial charge in [-0.2, -0.15) is 0 Å². The summed E-state index contributed by atoms with van der Waals surface area (Å²) in [5.74, 6) is 0.503. The van der Waals surface area contributed by atoms with Gasteiger partial charge in [-0.15, -0.1) is 0 Å². The van der Waals surface area contributed by atoms with E-state index in [-0.39, 0.29) is 25.0 Å². The lowest BCUT2D eigenvalue weighted by molar-refractivity contribution is -0.123. The monoisotopic (exact) mass is 278 g/mol. The normalized spacial score (nSPS) is 22.2. The highest BCUT2D eigenvalue weighted by molar-refractivity contribution is 5.76. The van der Waals surface area contributed by atoms with Crippen molar-refractivity contribution in [2.75, 3.05) is 12.3 Å². The summed E-state index contributed by atoms with van der Waals surface area (Å²) in [4.78, 5) is 11.8.